The fourth-order valence-corrected chi connectivity index (χ4v) is 3.04. The number of halogens is 3. The van der Waals surface area contributed by atoms with Crippen molar-refractivity contribution in [3.63, 3.8) is 0 Å². The molecule has 2 heterocycles. The highest BCUT2D eigenvalue weighted by molar-refractivity contribution is 5.70. The van der Waals surface area contributed by atoms with Gasteiger partial charge >= 0.3 is 12.1 Å². The molecule has 0 aliphatic rings. The minimum atomic E-state index is -4.46. The van der Waals surface area contributed by atoms with Crippen molar-refractivity contribution in [3.05, 3.63) is 53.9 Å². The number of aryl methyl sites for hydroxylation is 1. The van der Waals surface area contributed by atoms with Gasteiger partial charge < -0.3 is 18.9 Å². The van der Waals surface area contributed by atoms with Crippen molar-refractivity contribution in [1.82, 2.24) is 14.8 Å². The maximum atomic E-state index is 12.8. The predicted molar refractivity (Wildman–Crippen MR) is 116 cm³/mol. The molecule has 0 atom stereocenters. The van der Waals surface area contributed by atoms with E-state index in [-0.39, 0.29) is 18.2 Å². The molecular formula is C23H24F3N3O5. The number of alkyl halides is 3. The molecule has 11 heteroatoms. The van der Waals surface area contributed by atoms with E-state index in [1.807, 2.05) is 6.92 Å². The molecule has 0 N–H and O–H groups in total. The van der Waals surface area contributed by atoms with Crippen LogP contribution in [0.4, 0.5) is 13.2 Å². The molecule has 0 spiro atoms. The number of esters is 1. The van der Waals surface area contributed by atoms with E-state index in [0.717, 1.165) is 17.8 Å². The van der Waals surface area contributed by atoms with Crippen LogP contribution in [0.5, 0.6) is 23.1 Å². The van der Waals surface area contributed by atoms with E-state index in [1.54, 1.807) is 24.4 Å². The molecule has 0 aliphatic heterocycles. The molecule has 0 bridgehead atoms. The van der Waals surface area contributed by atoms with Crippen LogP contribution in [-0.2, 0) is 17.4 Å². The SMILES string of the molecule is CCOc1nn(-c2ccc(C(F)(F)F)cn2)cc1CCCOc1cc(OC)ccc1OC(C)=O. The van der Waals surface area contributed by atoms with E-state index < -0.39 is 17.7 Å². The Labute approximate surface area is 194 Å². The Morgan fingerprint density at radius 3 is 2.53 bits per heavy atom. The highest BCUT2D eigenvalue weighted by Crippen LogP contribution is 2.32. The van der Waals surface area contributed by atoms with Crippen molar-refractivity contribution in [2.75, 3.05) is 20.3 Å². The third-order valence-corrected chi connectivity index (χ3v) is 4.59. The number of hydrogen-bond acceptors (Lipinski definition) is 7. The highest BCUT2D eigenvalue weighted by Gasteiger charge is 2.30. The maximum Gasteiger partial charge on any atom is 0.417 e. The molecule has 2 aromatic heterocycles. The predicted octanol–water partition coefficient (Wildman–Crippen LogP) is 4.63. The number of rotatable bonds is 10. The van der Waals surface area contributed by atoms with Crippen LogP contribution in [0.25, 0.3) is 5.82 Å². The summed E-state index contributed by atoms with van der Waals surface area (Å²) < 4.78 is 61.5. The Balaban J connectivity index is 1.68. The average Bonchev–Trinajstić information content (AvgIpc) is 3.19. The molecule has 0 unspecified atom stereocenters. The topological polar surface area (TPSA) is 84.7 Å². The Hall–Kier alpha value is -3.76. The van der Waals surface area contributed by atoms with Crippen molar-refractivity contribution in [2.24, 2.45) is 0 Å². The number of aromatic nitrogens is 3. The van der Waals surface area contributed by atoms with Crippen molar-refractivity contribution in [2.45, 2.75) is 32.9 Å². The van der Waals surface area contributed by atoms with Gasteiger partial charge in [-0.3, -0.25) is 4.79 Å². The highest BCUT2D eigenvalue weighted by atomic mass is 19.4. The number of carbonyl (C=O) groups excluding carboxylic acids is 1. The summed E-state index contributed by atoms with van der Waals surface area (Å²) in [6.45, 7) is 3.77. The molecule has 0 saturated heterocycles. The van der Waals surface area contributed by atoms with Gasteiger partial charge in [0.05, 0.1) is 25.9 Å². The summed E-state index contributed by atoms with van der Waals surface area (Å²) in [6, 6.07) is 7.07. The summed E-state index contributed by atoms with van der Waals surface area (Å²) >= 11 is 0. The molecule has 0 radical (unpaired) electrons. The number of pyridine rings is 1. The van der Waals surface area contributed by atoms with Crippen LogP contribution < -0.4 is 18.9 Å². The van der Waals surface area contributed by atoms with Gasteiger partial charge in [-0.25, -0.2) is 9.67 Å². The van der Waals surface area contributed by atoms with Crippen LogP contribution in [0.15, 0.2) is 42.7 Å². The molecule has 8 nitrogen and oxygen atoms in total. The molecule has 3 aromatic rings. The van der Waals surface area contributed by atoms with Gasteiger partial charge in [-0.2, -0.15) is 13.2 Å². The number of methoxy groups -OCH3 is 1. The summed E-state index contributed by atoms with van der Waals surface area (Å²) in [5.41, 5.74) is -0.0885. The Morgan fingerprint density at radius 1 is 1.12 bits per heavy atom. The molecule has 0 aliphatic carbocycles. The lowest BCUT2D eigenvalue weighted by molar-refractivity contribution is -0.138. The maximum absolute atomic E-state index is 12.8. The van der Waals surface area contributed by atoms with Crippen molar-refractivity contribution >= 4 is 5.97 Å². The van der Waals surface area contributed by atoms with Crippen molar-refractivity contribution in [3.8, 4) is 28.9 Å². The van der Waals surface area contributed by atoms with E-state index >= 15 is 0 Å². The van der Waals surface area contributed by atoms with Crippen molar-refractivity contribution < 1.29 is 36.9 Å². The van der Waals surface area contributed by atoms with Crippen LogP contribution in [0.2, 0.25) is 0 Å². The minimum Gasteiger partial charge on any atom is -0.497 e. The first kappa shape index (κ1) is 24.9. The first-order chi connectivity index (χ1) is 16.2. The molecule has 182 valence electrons. The molecular weight excluding hydrogens is 455 g/mol. The van der Waals surface area contributed by atoms with Gasteiger partial charge in [-0.1, -0.05) is 0 Å². The van der Waals surface area contributed by atoms with Gasteiger partial charge in [0.2, 0.25) is 5.88 Å². The fraction of sp³-hybridized carbons (Fsp3) is 0.348. The number of nitrogens with zero attached hydrogens (tertiary/aromatic N) is 3. The van der Waals surface area contributed by atoms with Crippen molar-refractivity contribution in [1.29, 1.82) is 0 Å². The molecule has 1 aromatic carbocycles. The lowest BCUT2D eigenvalue weighted by Gasteiger charge is -2.12. The van der Waals surface area contributed by atoms with E-state index in [9.17, 15) is 18.0 Å². The molecule has 0 saturated carbocycles. The van der Waals surface area contributed by atoms with Gasteiger partial charge in [-0.05, 0) is 44.0 Å². The second-order valence-corrected chi connectivity index (χ2v) is 7.10. The Bertz CT molecular complexity index is 1110. The number of ether oxygens (including phenoxy) is 4. The van der Waals surface area contributed by atoms with Crippen LogP contribution in [0, 0.1) is 0 Å². The lowest BCUT2D eigenvalue weighted by atomic mass is 10.2. The van der Waals surface area contributed by atoms with E-state index in [2.05, 4.69) is 10.1 Å². The minimum absolute atomic E-state index is 0.235. The quantitative estimate of drug-likeness (QED) is 0.238. The average molecular weight is 479 g/mol. The number of hydrogen-bond donors (Lipinski definition) is 0. The second-order valence-electron chi connectivity index (χ2n) is 7.10. The largest absolute Gasteiger partial charge is 0.497 e. The van der Waals surface area contributed by atoms with E-state index in [0.29, 0.717) is 36.8 Å². The summed E-state index contributed by atoms with van der Waals surface area (Å²) in [6.07, 6.45) is -0.961. The van der Waals surface area contributed by atoms with Gasteiger partial charge in [0.15, 0.2) is 17.3 Å². The molecule has 3 rings (SSSR count). The zero-order chi connectivity index (χ0) is 24.7. The first-order valence-corrected chi connectivity index (χ1v) is 10.5. The summed E-state index contributed by atoms with van der Waals surface area (Å²) in [5.74, 6) is 1.33. The van der Waals surface area contributed by atoms with Gasteiger partial charge in [0.1, 0.15) is 5.75 Å². The summed E-state index contributed by atoms with van der Waals surface area (Å²) in [4.78, 5) is 15.2. The number of benzene rings is 1. The Morgan fingerprint density at radius 2 is 1.91 bits per heavy atom. The molecule has 0 amide bonds. The van der Waals surface area contributed by atoms with Gasteiger partial charge in [0, 0.05) is 30.9 Å². The van der Waals surface area contributed by atoms with Crippen LogP contribution in [0.1, 0.15) is 31.4 Å². The van der Waals surface area contributed by atoms with Crippen LogP contribution in [0.3, 0.4) is 0 Å². The summed E-state index contributed by atoms with van der Waals surface area (Å²) in [5, 5.41) is 4.30. The zero-order valence-corrected chi connectivity index (χ0v) is 18.9. The van der Waals surface area contributed by atoms with E-state index in [1.165, 1.54) is 24.8 Å². The third-order valence-electron chi connectivity index (χ3n) is 4.59. The monoisotopic (exact) mass is 479 g/mol. The van der Waals surface area contributed by atoms with E-state index in [4.69, 9.17) is 18.9 Å². The van der Waals surface area contributed by atoms with Gasteiger partial charge in [-0.15, -0.1) is 5.10 Å². The zero-order valence-electron chi connectivity index (χ0n) is 18.9. The number of carbonyl (C=O) groups is 1. The fourth-order valence-electron chi connectivity index (χ4n) is 3.04. The van der Waals surface area contributed by atoms with Crippen LogP contribution >= 0.6 is 0 Å². The molecule has 0 fully saturated rings. The standard InChI is InChI=1S/C23H24F3N3O5/c1-4-32-22-16(14-29(28-22)21-10-7-17(13-27-21)23(24,25)26)6-5-11-33-20-12-18(31-3)8-9-19(20)34-15(2)30/h7-10,12-14H,4-6,11H2,1-3H3. The van der Waals surface area contributed by atoms with Gasteiger partial charge in [0.25, 0.3) is 0 Å². The Kier molecular flexibility index (Phi) is 7.98. The normalized spacial score (nSPS) is 11.2. The first-order valence-electron chi connectivity index (χ1n) is 10.5. The molecule has 34 heavy (non-hydrogen) atoms. The smallest absolute Gasteiger partial charge is 0.417 e. The lowest BCUT2D eigenvalue weighted by Crippen LogP contribution is -2.07. The third kappa shape index (κ3) is 6.40. The summed E-state index contributed by atoms with van der Waals surface area (Å²) in [7, 11) is 1.52. The second kappa shape index (κ2) is 10.9. The van der Waals surface area contributed by atoms with Crippen LogP contribution in [-0.4, -0.2) is 41.1 Å².